The highest BCUT2D eigenvalue weighted by molar-refractivity contribution is 5.64. The number of amides is 1. The topological polar surface area (TPSA) is 81.6 Å². The van der Waals surface area contributed by atoms with E-state index in [-0.39, 0.29) is 23.6 Å². The van der Waals surface area contributed by atoms with Crippen molar-refractivity contribution in [1.29, 1.82) is 0 Å². The molecule has 0 aliphatic heterocycles. The summed E-state index contributed by atoms with van der Waals surface area (Å²) in [4.78, 5) is 10.6. The molecule has 0 heterocycles. The van der Waals surface area contributed by atoms with Gasteiger partial charge in [0.1, 0.15) is 0 Å². The number of hydrogen-bond donors (Lipinski definition) is 4. The lowest BCUT2D eigenvalue weighted by Crippen LogP contribution is -2.49. The zero-order valence-corrected chi connectivity index (χ0v) is 16.8. The van der Waals surface area contributed by atoms with E-state index < -0.39 is 6.09 Å². The molecule has 0 aromatic rings. The summed E-state index contributed by atoms with van der Waals surface area (Å²) in [5.74, 6) is 0. The van der Waals surface area contributed by atoms with Crippen LogP contribution in [0.1, 0.15) is 74.1 Å². The Bertz CT molecular complexity index is 353. The van der Waals surface area contributed by atoms with Gasteiger partial charge >= 0.3 is 6.09 Å². The molecule has 1 aliphatic rings. The summed E-state index contributed by atoms with van der Waals surface area (Å²) >= 11 is 0. The maximum Gasteiger partial charge on any atom is 0.404 e. The van der Waals surface area contributed by atoms with Crippen molar-refractivity contribution in [1.82, 2.24) is 10.6 Å². The number of aliphatic hydroxyl groups is 1. The number of aliphatic hydroxyl groups excluding tert-OH is 1. The zero-order chi connectivity index (χ0) is 19.2. The molecule has 1 saturated carbocycles. The highest BCUT2D eigenvalue weighted by Crippen LogP contribution is 2.45. The van der Waals surface area contributed by atoms with Gasteiger partial charge in [-0.15, -0.1) is 0 Å². The van der Waals surface area contributed by atoms with E-state index in [0.717, 1.165) is 19.3 Å². The van der Waals surface area contributed by atoms with Crippen molar-refractivity contribution in [3.63, 3.8) is 0 Å². The van der Waals surface area contributed by atoms with Crippen molar-refractivity contribution < 1.29 is 15.0 Å². The molecule has 24 heavy (non-hydrogen) atoms. The van der Waals surface area contributed by atoms with Crippen LogP contribution in [0.25, 0.3) is 0 Å². The van der Waals surface area contributed by atoms with Crippen LogP contribution in [-0.4, -0.2) is 35.6 Å². The predicted molar refractivity (Wildman–Crippen MR) is 102 cm³/mol. The Morgan fingerprint density at radius 1 is 1.17 bits per heavy atom. The second-order valence-corrected chi connectivity index (χ2v) is 7.65. The fourth-order valence-corrected chi connectivity index (χ4v) is 3.33. The first-order valence-electron chi connectivity index (χ1n) is 8.98. The van der Waals surface area contributed by atoms with Gasteiger partial charge in [-0.1, -0.05) is 53.2 Å². The Kier molecular flexibility index (Phi) is 13.9. The second kappa shape index (κ2) is 13.2. The number of allylic oxidation sites excluding steroid dienone is 2. The molecule has 5 heteroatoms. The fraction of sp³-hybridized carbons (Fsp3) is 0.842. The number of rotatable bonds is 4. The Labute approximate surface area is 148 Å². The van der Waals surface area contributed by atoms with Crippen LogP contribution >= 0.6 is 0 Å². The molecular formula is C19H40N2O3. The summed E-state index contributed by atoms with van der Waals surface area (Å²) in [7, 11) is 0. The molecule has 0 spiro atoms. The zero-order valence-electron chi connectivity index (χ0n) is 16.8. The lowest BCUT2D eigenvalue weighted by Gasteiger charge is -2.46. The lowest BCUT2D eigenvalue weighted by molar-refractivity contribution is 0.0596. The Balaban J connectivity index is 0. The first-order valence-corrected chi connectivity index (χ1v) is 8.98. The number of hydrogen-bond acceptors (Lipinski definition) is 3. The second-order valence-electron chi connectivity index (χ2n) is 7.65. The third-order valence-corrected chi connectivity index (χ3v) is 3.82. The molecule has 5 nitrogen and oxygen atoms in total. The van der Waals surface area contributed by atoms with Crippen molar-refractivity contribution in [2.24, 2.45) is 10.8 Å². The average molecular weight is 345 g/mol. The predicted octanol–water partition coefficient (Wildman–Crippen LogP) is 4.38. The Morgan fingerprint density at radius 2 is 1.67 bits per heavy atom. The van der Waals surface area contributed by atoms with Gasteiger partial charge in [-0.25, -0.2) is 4.79 Å². The van der Waals surface area contributed by atoms with E-state index in [1.165, 1.54) is 6.42 Å². The van der Waals surface area contributed by atoms with Gasteiger partial charge in [0.2, 0.25) is 0 Å². The number of nitrogens with one attached hydrogen (secondary N) is 2. The molecule has 0 saturated heterocycles. The lowest BCUT2D eigenvalue weighted by atomic mass is 9.62. The quantitative estimate of drug-likeness (QED) is 0.451. The van der Waals surface area contributed by atoms with Gasteiger partial charge in [0.25, 0.3) is 0 Å². The molecule has 0 aromatic heterocycles. The van der Waals surface area contributed by atoms with E-state index in [2.05, 4.69) is 45.3 Å². The monoisotopic (exact) mass is 344 g/mol. The van der Waals surface area contributed by atoms with Crippen LogP contribution in [0.15, 0.2) is 12.2 Å². The molecular weight excluding hydrogens is 304 g/mol. The molecule has 0 bridgehead atoms. The van der Waals surface area contributed by atoms with Crippen molar-refractivity contribution in [3.05, 3.63) is 12.2 Å². The molecule has 0 aromatic carbocycles. The van der Waals surface area contributed by atoms with E-state index in [0.29, 0.717) is 6.54 Å². The third-order valence-electron chi connectivity index (χ3n) is 3.82. The van der Waals surface area contributed by atoms with Gasteiger partial charge in [-0.05, 0) is 43.9 Å². The van der Waals surface area contributed by atoms with Gasteiger partial charge in [-0.2, -0.15) is 0 Å². The first-order chi connectivity index (χ1) is 11.1. The van der Waals surface area contributed by atoms with Gasteiger partial charge in [0, 0.05) is 12.6 Å². The van der Waals surface area contributed by atoms with Crippen LogP contribution in [0, 0.1) is 10.8 Å². The van der Waals surface area contributed by atoms with Crippen LogP contribution in [0.3, 0.4) is 0 Å². The molecule has 2 unspecified atom stereocenters. The van der Waals surface area contributed by atoms with Crippen LogP contribution < -0.4 is 10.6 Å². The van der Waals surface area contributed by atoms with Crippen molar-refractivity contribution in [2.45, 2.75) is 80.2 Å². The minimum atomic E-state index is -0.971. The molecule has 1 rings (SSSR count). The van der Waals surface area contributed by atoms with Crippen molar-refractivity contribution >= 4 is 6.09 Å². The number of carbonyl (C=O) groups is 1. The minimum absolute atomic E-state index is 0.0246. The summed E-state index contributed by atoms with van der Waals surface area (Å²) in [6.07, 6.45) is 7.17. The average Bonchev–Trinajstić information content (AvgIpc) is 2.45. The maximum atomic E-state index is 10.6. The molecule has 2 atom stereocenters. The molecule has 1 aliphatic carbocycles. The highest BCUT2D eigenvalue weighted by Gasteiger charge is 2.41. The van der Waals surface area contributed by atoms with Crippen LogP contribution in [0.5, 0.6) is 0 Å². The van der Waals surface area contributed by atoms with Crippen LogP contribution in [-0.2, 0) is 0 Å². The van der Waals surface area contributed by atoms with Gasteiger partial charge < -0.3 is 15.5 Å². The van der Waals surface area contributed by atoms with Gasteiger partial charge in [-0.3, -0.25) is 5.32 Å². The van der Waals surface area contributed by atoms with Crippen molar-refractivity contribution in [3.8, 4) is 0 Å². The van der Waals surface area contributed by atoms with E-state index in [1.54, 1.807) is 0 Å². The van der Waals surface area contributed by atoms with E-state index in [4.69, 9.17) is 10.2 Å². The molecule has 0 radical (unpaired) electrons. The minimum Gasteiger partial charge on any atom is -0.465 e. The summed E-state index contributed by atoms with van der Waals surface area (Å²) in [5.41, 5.74) is 0.118. The Morgan fingerprint density at radius 3 is 2.04 bits per heavy atom. The largest absolute Gasteiger partial charge is 0.465 e. The first kappa shape index (κ1) is 25.2. The molecule has 144 valence electrons. The summed E-state index contributed by atoms with van der Waals surface area (Å²) in [5, 5.41) is 23.2. The normalized spacial score (nSPS) is 25.1. The van der Waals surface area contributed by atoms with Crippen molar-refractivity contribution in [2.75, 3.05) is 13.3 Å². The summed E-state index contributed by atoms with van der Waals surface area (Å²) in [6, 6.07) is 0.254. The van der Waals surface area contributed by atoms with Crippen LogP contribution in [0.4, 0.5) is 4.79 Å². The van der Waals surface area contributed by atoms with Gasteiger partial charge in [0.05, 0.1) is 6.73 Å². The highest BCUT2D eigenvalue weighted by atomic mass is 16.4. The SMILES string of the molecule is C/C=C\C.CC1(C)CC(NCO)CC(C)(CNC(=O)O)C1.CCC. The van der Waals surface area contributed by atoms with E-state index in [9.17, 15) is 4.79 Å². The van der Waals surface area contributed by atoms with E-state index >= 15 is 0 Å². The standard InChI is InChI=1S/C12H24N2O3.C4H8.C3H8/c1-11(2)4-9(14-8-15)5-12(3,6-11)7-13-10(16)17;1-3-4-2;1-3-2/h9,13-15H,4-8H2,1-3H3,(H,16,17);3-4H,1-2H3;3H2,1-2H3/b;4-3-;. The fourth-order valence-electron chi connectivity index (χ4n) is 3.33. The number of carboxylic acid groups (broad SMARTS) is 1. The molecule has 1 amide bonds. The molecule has 1 fully saturated rings. The smallest absolute Gasteiger partial charge is 0.404 e. The summed E-state index contributed by atoms with van der Waals surface area (Å²) < 4.78 is 0. The third kappa shape index (κ3) is 13.4. The maximum absolute atomic E-state index is 10.6. The summed E-state index contributed by atoms with van der Waals surface area (Å²) in [6.45, 7) is 15.2. The molecule has 4 N–H and O–H groups in total. The van der Waals surface area contributed by atoms with Crippen LogP contribution in [0.2, 0.25) is 0 Å². The Hall–Kier alpha value is -1.07. The van der Waals surface area contributed by atoms with E-state index in [1.807, 2.05) is 26.0 Å². The van der Waals surface area contributed by atoms with Gasteiger partial charge in [0.15, 0.2) is 0 Å².